The number of hydrogen-bond donors (Lipinski definition) is 2. The second-order valence-electron chi connectivity index (χ2n) is 5.33. The third kappa shape index (κ3) is 3.57. The van der Waals surface area contributed by atoms with E-state index in [0.29, 0.717) is 6.04 Å². The van der Waals surface area contributed by atoms with Gasteiger partial charge in [0.15, 0.2) is 0 Å². The number of rotatable bonds is 4. The zero-order valence-corrected chi connectivity index (χ0v) is 11.9. The van der Waals surface area contributed by atoms with E-state index in [1.807, 2.05) is 24.3 Å². The number of carbonyl (C=O) groups excluding carboxylic acids is 1. The van der Waals surface area contributed by atoms with Gasteiger partial charge in [-0.25, -0.2) is 0 Å². The number of amides is 1. The molecular formula is C16H24N2O. The maximum atomic E-state index is 12.3. The zero-order chi connectivity index (χ0) is 13.7. The van der Waals surface area contributed by atoms with Crippen LogP contribution in [0.4, 0.5) is 0 Å². The van der Waals surface area contributed by atoms with Gasteiger partial charge in [-0.2, -0.15) is 0 Å². The lowest BCUT2D eigenvalue weighted by Gasteiger charge is -2.29. The van der Waals surface area contributed by atoms with Crippen molar-refractivity contribution in [2.24, 2.45) is 0 Å². The van der Waals surface area contributed by atoms with Crippen molar-refractivity contribution in [1.82, 2.24) is 10.6 Å². The maximum Gasteiger partial charge on any atom is 0.251 e. The molecule has 104 valence electrons. The van der Waals surface area contributed by atoms with E-state index < -0.39 is 0 Å². The molecule has 19 heavy (non-hydrogen) atoms. The second kappa shape index (κ2) is 6.71. The summed E-state index contributed by atoms with van der Waals surface area (Å²) in [6, 6.07) is 8.44. The first kappa shape index (κ1) is 14.1. The Hall–Kier alpha value is -1.35. The van der Waals surface area contributed by atoms with Crippen LogP contribution in [0, 0.1) is 0 Å². The third-order valence-electron chi connectivity index (χ3n) is 3.95. The monoisotopic (exact) mass is 260 g/mol. The standard InChI is InChI=1S/C16H24N2O/c1-3-13-8-4-5-9-14(13)16(19)18-12(2)15-10-6-7-11-17-15/h4-5,8-9,12,15,17H,3,6-7,10-11H2,1-2H3,(H,18,19). The molecule has 1 aliphatic rings. The molecule has 0 radical (unpaired) electrons. The number of aryl methyl sites for hydroxylation is 1. The predicted molar refractivity (Wildman–Crippen MR) is 78.4 cm³/mol. The number of benzene rings is 1. The van der Waals surface area contributed by atoms with E-state index in [1.54, 1.807) is 0 Å². The van der Waals surface area contributed by atoms with Gasteiger partial charge in [-0.05, 0) is 44.4 Å². The molecule has 2 unspecified atom stereocenters. The average Bonchev–Trinajstić information content (AvgIpc) is 2.48. The molecule has 3 heteroatoms. The molecule has 0 aliphatic carbocycles. The number of piperidine rings is 1. The van der Waals surface area contributed by atoms with Gasteiger partial charge in [-0.1, -0.05) is 31.5 Å². The molecule has 1 amide bonds. The van der Waals surface area contributed by atoms with Crippen LogP contribution in [0.15, 0.2) is 24.3 Å². The SMILES string of the molecule is CCc1ccccc1C(=O)NC(C)C1CCCCN1. The molecule has 1 aliphatic heterocycles. The van der Waals surface area contributed by atoms with Gasteiger partial charge in [0.05, 0.1) is 0 Å². The summed E-state index contributed by atoms with van der Waals surface area (Å²) < 4.78 is 0. The summed E-state index contributed by atoms with van der Waals surface area (Å²) in [7, 11) is 0. The summed E-state index contributed by atoms with van der Waals surface area (Å²) in [5.41, 5.74) is 1.93. The lowest BCUT2D eigenvalue weighted by atomic mass is 9.98. The van der Waals surface area contributed by atoms with Gasteiger partial charge >= 0.3 is 0 Å². The van der Waals surface area contributed by atoms with Gasteiger partial charge in [-0.15, -0.1) is 0 Å². The number of hydrogen-bond acceptors (Lipinski definition) is 2. The lowest BCUT2D eigenvalue weighted by molar-refractivity contribution is 0.0927. The van der Waals surface area contributed by atoms with Crippen molar-refractivity contribution < 1.29 is 4.79 Å². The largest absolute Gasteiger partial charge is 0.348 e. The molecule has 0 aromatic heterocycles. The van der Waals surface area contributed by atoms with Crippen LogP contribution in [0.25, 0.3) is 0 Å². The van der Waals surface area contributed by atoms with E-state index in [-0.39, 0.29) is 11.9 Å². The zero-order valence-electron chi connectivity index (χ0n) is 11.9. The fraction of sp³-hybridized carbons (Fsp3) is 0.562. The maximum absolute atomic E-state index is 12.3. The van der Waals surface area contributed by atoms with Crippen molar-refractivity contribution in [1.29, 1.82) is 0 Å². The molecular weight excluding hydrogens is 236 g/mol. The molecule has 0 spiro atoms. The van der Waals surface area contributed by atoms with E-state index in [4.69, 9.17) is 0 Å². The Morgan fingerprint density at radius 2 is 2.21 bits per heavy atom. The van der Waals surface area contributed by atoms with Crippen LogP contribution in [-0.2, 0) is 6.42 Å². The van der Waals surface area contributed by atoms with Crippen LogP contribution in [0.1, 0.15) is 49.0 Å². The second-order valence-corrected chi connectivity index (χ2v) is 5.33. The highest BCUT2D eigenvalue weighted by molar-refractivity contribution is 5.95. The quantitative estimate of drug-likeness (QED) is 0.873. The van der Waals surface area contributed by atoms with Gasteiger partial charge < -0.3 is 10.6 Å². The first-order chi connectivity index (χ1) is 9.22. The molecule has 0 bridgehead atoms. The van der Waals surface area contributed by atoms with Crippen molar-refractivity contribution in [3.8, 4) is 0 Å². The summed E-state index contributed by atoms with van der Waals surface area (Å²) >= 11 is 0. The molecule has 2 rings (SSSR count). The molecule has 3 nitrogen and oxygen atoms in total. The topological polar surface area (TPSA) is 41.1 Å². The van der Waals surface area contributed by atoms with E-state index in [2.05, 4.69) is 24.5 Å². The Bertz CT molecular complexity index is 425. The van der Waals surface area contributed by atoms with Crippen molar-refractivity contribution in [2.45, 2.75) is 51.6 Å². The minimum Gasteiger partial charge on any atom is -0.348 e. The van der Waals surface area contributed by atoms with Gasteiger partial charge in [0.25, 0.3) is 5.91 Å². The fourth-order valence-corrected chi connectivity index (χ4v) is 2.74. The molecule has 1 aromatic carbocycles. The Morgan fingerprint density at radius 3 is 2.89 bits per heavy atom. The van der Waals surface area contributed by atoms with Crippen molar-refractivity contribution >= 4 is 5.91 Å². The highest BCUT2D eigenvalue weighted by atomic mass is 16.1. The van der Waals surface area contributed by atoms with Crippen molar-refractivity contribution in [2.75, 3.05) is 6.54 Å². The summed E-state index contributed by atoms with van der Waals surface area (Å²) in [4.78, 5) is 12.3. The fourth-order valence-electron chi connectivity index (χ4n) is 2.74. The molecule has 1 heterocycles. The van der Waals surface area contributed by atoms with Crippen LogP contribution in [-0.4, -0.2) is 24.5 Å². The van der Waals surface area contributed by atoms with Crippen LogP contribution in [0.5, 0.6) is 0 Å². The van der Waals surface area contributed by atoms with Crippen LogP contribution in [0.3, 0.4) is 0 Å². The molecule has 1 saturated heterocycles. The summed E-state index contributed by atoms with van der Waals surface area (Å²) in [6.45, 7) is 5.24. The van der Waals surface area contributed by atoms with E-state index >= 15 is 0 Å². The number of carbonyl (C=O) groups is 1. The van der Waals surface area contributed by atoms with Gasteiger partial charge in [-0.3, -0.25) is 4.79 Å². The first-order valence-electron chi connectivity index (χ1n) is 7.34. The Morgan fingerprint density at radius 1 is 1.42 bits per heavy atom. The minimum atomic E-state index is 0.0531. The summed E-state index contributed by atoms with van der Waals surface area (Å²) in [6.07, 6.45) is 4.54. The van der Waals surface area contributed by atoms with Gasteiger partial charge in [0.2, 0.25) is 0 Å². The molecule has 1 aromatic rings. The van der Waals surface area contributed by atoms with Crippen molar-refractivity contribution in [3.05, 3.63) is 35.4 Å². The van der Waals surface area contributed by atoms with Crippen LogP contribution in [0.2, 0.25) is 0 Å². The van der Waals surface area contributed by atoms with E-state index in [0.717, 1.165) is 30.5 Å². The van der Waals surface area contributed by atoms with Crippen LogP contribution >= 0.6 is 0 Å². The minimum absolute atomic E-state index is 0.0531. The van der Waals surface area contributed by atoms with E-state index in [9.17, 15) is 4.79 Å². The van der Waals surface area contributed by atoms with Crippen LogP contribution < -0.4 is 10.6 Å². The first-order valence-corrected chi connectivity index (χ1v) is 7.34. The Labute approximate surface area is 115 Å². The molecule has 2 atom stereocenters. The van der Waals surface area contributed by atoms with Crippen molar-refractivity contribution in [3.63, 3.8) is 0 Å². The Balaban J connectivity index is 1.99. The highest BCUT2D eigenvalue weighted by Gasteiger charge is 2.21. The van der Waals surface area contributed by atoms with E-state index in [1.165, 1.54) is 12.8 Å². The smallest absolute Gasteiger partial charge is 0.251 e. The lowest BCUT2D eigenvalue weighted by Crippen LogP contribution is -2.50. The molecule has 0 saturated carbocycles. The third-order valence-corrected chi connectivity index (χ3v) is 3.95. The Kier molecular flexibility index (Phi) is 4.97. The predicted octanol–water partition coefficient (Wildman–Crippen LogP) is 2.51. The molecule has 2 N–H and O–H groups in total. The van der Waals surface area contributed by atoms with Gasteiger partial charge in [0.1, 0.15) is 0 Å². The summed E-state index contributed by atoms with van der Waals surface area (Å²) in [5.74, 6) is 0.0531. The number of nitrogens with one attached hydrogen (secondary N) is 2. The van der Waals surface area contributed by atoms with Gasteiger partial charge in [0, 0.05) is 17.6 Å². The molecule has 1 fully saturated rings. The normalized spacial score (nSPS) is 20.8. The summed E-state index contributed by atoms with van der Waals surface area (Å²) in [5, 5.41) is 6.63. The highest BCUT2D eigenvalue weighted by Crippen LogP contribution is 2.13. The average molecular weight is 260 g/mol.